The molecule has 0 heterocycles. The highest BCUT2D eigenvalue weighted by Gasteiger charge is 2.63. The van der Waals surface area contributed by atoms with E-state index in [-0.39, 0.29) is 11.8 Å². The molecule has 3 saturated carbocycles. The van der Waals surface area contributed by atoms with Crippen molar-refractivity contribution < 1.29 is 38.1 Å². The van der Waals surface area contributed by atoms with E-state index in [1.807, 2.05) is 0 Å². The van der Waals surface area contributed by atoms with E-state index in [1.165, 1.54) is 14.2 Å². The predicted molar refractivity (Wildman–Crippen MR) is 85.4 cm³/mol. The summed E-state index contributed by atoms with van der Waals surface area (Å²) < 4.78 is 19.2. The molecule has 0 aromatic rings. The molecule has 26 heavy (non-hydrogen) atoms. The SMILES string of the molecule is COC(=O)COC(=O)C1C2CC(C3CCCC32)C1C(=O)OCC(=O)OC. The van der Waals surface area contributed by atoms with Crippen molar-refractivity contribution in [3.8, 4) is 0 Å². The Morgan fingerprint density at radius 2 is 1.15 bits per heavy atom. The first-order chi connectivity index (χ1) is 12.5. The van der Waals surface area contributed by atoms with Crippen molar-refractivity contribution in [2.24, 2.45) is 35.5 Å². The minimum absolute atomic E-state index is 0.0633. The van der Waals surface area contributed by atoms with Gasteiger partial charge in [0.2, 0.25) is 0 Å². The van der Waals surface area contributed by atoms with Crippen molar-refractivity contribution in [3.63, 3.8) is 0 Å². The Kier molecular flexibility index (Phi) is 5.48. The fourth-order valence-corrected chi connectivity index (χ4v) is 5.32. The Morgan fingerprint density at radius 1 is 0.731 bits per heavy atom. The van der Waals surface area contributed by atoms with E-state index in [1.54, 1.807) is 0 Å². The molecule has 3 rings (SSSR count). The summed E-state index contributed by atoms with van der Waals surface area (Å²) in [6.45, 7) is -0.942. The molecule has 8 heteroatoms. The number of carbonyl (C=O) groups is 4. The Morgan fingerprint density at radius 3 is 1.54 bits per heavy atom. The summed E-state index contributed by atoms with van der Waals surface area (Å²) in [5, 5.41) is 0. The summed E-state index contributed by atoms with van der Waals surface area (Å²) in [4.78, 5) is 47.8. The molecule has 0 aromatic heterocycles. The largest absolute Gasteiger partial charge is 0.466 e. The number of carbonyl (C=O) groups excluding carboxylic acids is 4. The van der Waals surface area contributed by atoms with Gasteiger partial charge in [-0.25, -0.2) is 9.59 Å². The maximum Gasteiger partial charge on any atom is 0.344 e. The first-order valence-corrected chi connectivity index (χ1v) is 8.94. The lowest BCUT2D eigenvalue weighted by molar-refractivity contribution is -0.171. The minimum atomic E-state index is -0.648. The minimum Gasteiger partial charge on any atom is -0.466 e. The molecule has 0 saturated heterocycles. The molecular weight excluding hydrogens is 344 g/mol. The first kappa shape index (κ1) is 18.7. The van der Waals surface area contributed by atoms with Crippen LogP contribution in [0.1, 0.15) is 25.7 Å². The van der Waals surface area contributed by atoms with Crippen LogP contribution in [-0.4, -0.2) is 51.3 Å². The molecule has 144 valence electrons. The van der Waals surface area contributed by atoms with Crippen molar-refractivity contribution in [2.45, 2.75) is 25.7 Å². The summed E-state index contributed by atoms with van der Waals surface area (Å²) in [7, 11) is 2.42. The van der Waals surface area contributed by atoms with Crippen LogP contribution in [0.15, 0.2) is 0 Å². The molecule has 0 aliphatic heterocycles. The van der Waals surface area contributed by atoms with Crippen molar-refractivity contribution >= 4 is 23.9 Å². The van der Waals surface area contributed by atoms with Crippen LogP contribution in [0, 0.1) is 35.5 Å². The molecule has 0 aromatic carbocycles. The number of rotatable bonds is 6. The number of fused-ring (bicyclic) bond motifs is 5. The highest BCUT2D eigenvalue weighted by Crippen LogP contribution is 2.63. The van der Waals surface area contributed by atoms with Crippen molar-refractivity contribution in [1.29, 1.82) is 0 Å². The topological polar surface area (TPSA) is 105 Å². The molecule has 3 aliphatic rings. The van der Waals surface area contributed by atoms with Gasteiger partial charge in [0.25, 0.3) is 0 Å². The lowest BCUT2D eigenvalue weighted by atomic mass is 9.69. The van der Waals surface area contributed by atoms with E-state index in [0.717, 1.165) is 25.7 Å². The zero-order chi connectivity index (χ0) is 18.8. The second-order valence-corrected chi connectivity index (χ2v) is 7.24. The Hall–Kier alpha value is -2.12. The van der Waals surface area contributed by atoms with Crippen molar-refractivity contribution in [1.82, 2.24) is 0 Å². The van der Waals surface area contributed by atoms with Crippen LogP contribution >= 0.6 is 0 Å². The van der Waals surface area contributed by atoms with E-state index >= 15 is 0 Å². The maximum atomic E-state index is 12.6. The quantitative estimate of drug-likeness (QED) is 0.499. The van der Waals surface area contributed by atoms with Gasteiger partial charge in [-0.15, -0.1) is 0 Å². The van der Waals surface area contributed by atoms with Crippen molar-refractivity contribution in [3.05, 3.63) is 0 Å². The highest BCUT2D eigenvalue weighted by molar-refractivity contribution is 5.86. The van der Waals surface area contributed by atoms with Crippen LogP contribution in [-0.2, 0) is 38.1 Å². The lowest BCUT2D eigenvalue weighted by Gasteiger charge is -2.35. The number of hydrogen-bond donors (Lipinski definition) is 0. The van der Waals surface area contributed by atoms with Gasteiger partial charge < -0.3 is 18.9 Å². The second kappa shape index (κ2) is 7.63. The van der Waals surface area contributed by atoms with Crippen LogP contribution in [0.3, 0.4) is 0 Å². The predicted octanol–water partition coefficient (Wildman–Crippen LogP) is 0.717. The molecule has 0 amide bonds. The third-order valence-electron chi connectivity index (χ3n) is 6.24. The van der Waals surface area contributed by atoms with E-state index in [0.29, 0.717) is 11.8 Å². The Labute approximate surface area is 151 Å². The Balaban J connectivity index is 1.73. The summed E-state index contributed by atoms with van der Waals surface area (Å²) in [5.41, 5.74) is 0. The molecule has 0 radical (unpaired) electrons. The summed E-state index contributed by atoms with van der Waals surface area (Å²) in [5.74, 6) is -2.72. The molecule has 2 bridgehead atoms. The molecule has 0 spiro atoms. The number of hydrogen-bond acceptors (Lipinski definition) is 8. The van der Waals surface area contributed by atoms with Gasteiger partial charge in [0.05, 0.1) is 26.1 Å². The molecule has 0 N–H and O–H groups in total. The summed E-state index contributed by atoms with van der Waals surface area (Å²) in [6, 6.07) is 0. The first-order valence-electron chi connectivity index (χ1n) is 8.94. The van der Waals surface area contributed by atoms with Gasteiger partial charge in [-0.1, -0.05) is 6.42 Å². The third kappa shape index (κ3) is 3.29. The number of methoxy groups -OCH3 is 2. The van der Waals surface area contributed by atoms with Gasteiger partial charge in [-0.2, -0.15) is 0 Å². The smallest absolute Gasteiger partial charge is 0.344 e. The molecule has 3 aliphatic carbocycles. The third-order valence-corrected chi connectivity index (χ3v) is 6.24. The van der Waals surface area contributed by atoms with E-state index in [9.17, 15) is 19.2 Å². The van der Waals surface area contributed by atoms with E-state index < -0.39 is 48.9 Å². The summed E-state index contributed by atoms with van der Waals surface area (Å²) in [6.07, 6.45) is 3.98. The molecule has 8 nitrogen and oxygen atoms in total. The lowest BCUT2D eigenvalue weighted by Crippen LogP contribution is -2.43. The van der Waals surface area contributed by atoms with Gasteiger partial charge in [0.1, 0.15) is 0 Å². The fourth-order valence-electron chi connectivity index (χ4n) is 5.32. The van der Waals surface area contributed by atoms with Crippen LogP contribution in [0.25, 0.3) is 0 Å². The van der Waals surface area contributed by atoms with Gasteiger partial charge in [0.15, 0.2) is 13.2 Å². The standard InChI is InChI=1S/C18H24O8/c1-23-13(19)7-25-17(21)15-11-6-12(10-5-3-4-9(10)11)16(15)18(22)26-8-14(20)24-2/h9-12,15-16H,3-8H2,1-2H3. The number of ether oxygens (including phenoxy) is 4. The second-order valence-electron chi connectivity index (χ2n) is 7.24. The van der Waals surface area contributed by atoms with Gasteiger partial charge >= 0.3 is 23.9 Å². The number of esters is 4. The molecule has 6 unspecified atom stereocenters. The summed E-state index contributed by atoms with van der Waals surface area (Å²) >= 11 is 0. The van der Waals surface area contributed by atoms with Gasteiger partial charge in [-0.05, 0) is 42.9 Å². The average Bonchev–Trinajstić information content (AvgIpc) is 3.34. The maximum absolute atomic E-state index is 12.6. The van der Waals surface area contributed by atoms with Crippen molar-refractivity contribution in [2.75, 3.05) is 27.4 Å². The van der Waals surface area contributed by atoms with Crippen LogP contribution < -0.4 is 0 Å². The Bertz CT molecular complexity index is 550. The zero-order valence-corrected chi connectivity index (χ0v) is 15.0. The zero-order valence-electron chi connectivity index (χ0n) is 15.0. The molecule has 3 fully saturated rings. The monoisotopic (exact) mass is 368 g/mol. The van der Waals surface area contributed by atoms with Crippen LogP contribution in [0.2, 0.25) is 0 Å². The van der Waals surface area contributed by atoms with Crippen LogP contribution in [0.4, 0.5) is 0 Å². The van der Waals surface area contributed by atoms with E-state index in [4.69, 9.17) is 9.47 Å². The molecule has 6 atom stereocenters. The normalized spacial score (nSPS) is 34.1. The van der Waals surface area contributed by atoms with E-state index in [2.05, 4.69) is 9.47 Å². The average molecular weight is 368 g/mol. The fraction of sp³-hybridized carbons (Fsp3) is 0.778. The van der Waals surface area contributed by atoms with Crippen LogP contribution in [0.5, 0.6) is 0 Å². The van der Waals surface area contributed by atoms with Gasteiger partial charge in [-0.3, -0.25) is 9.59 Å². The van der Waals surface area contributed by atoms with Gasteiger partial charge in [0, 0.05) is 0 Å². The molecular formula is C18H24O8. The highest BCUT2D eigenvalue weighted by atomic mass is 16.6.